The van der Waals surface area contributed by atoms with Crippen LogP contribution in [0.25, 0.3) is 0 Å². The molecule has 0 fully saturated rings. The predicted octanol–water partition coefficient (Wildman–Crippen LogP) is 3.94. The first-order valence-electron chi connectivity index (χ1n) is 8.40. The van der Waals surface area contributed by atoms with E-state index in [9.17, 15) is 18.0 Å². The Morgan fingerprint density at radius 1 is 1.23 bits per heavy atom. The summed E-state index contributed by atoms with van der Waals surface area (Å²) in [5, 5.41) is 6.61. The van der Waals surface area contributed by atoms with Crippen LogP contribution in [0.5, 0.6) is 0 Å². The van der Waals surface area contributed by atoms with Gasteiger partial charge in [0.15, 0.2) is 5.78 Å². The Hall–Kier alpha value is -2.64. The Morgan fingerprint density at radius 3 is 2.73 bits per heavy atom. The number of ketones is 1. The van der Waals surface area contributed by atoms with Crippen LogP contribution in [0.4, 0.5) is 19.1 Å². The van der Waals surface area contributed by atoms with Crippen molar-refractivity contribution in [1.82, 2.24) is 14.8 Å². The smallest absolute Gasteiger partial charge is 0.328 e. The minimum Gasteiger partial charge on any atom is -0.328 e. The average Bonchev–Trinajstić information content (AvgIpc) is 2.99. The van der Waals surface area contributed by atoms with E-state index in [4.69, 9.17) is 0 Å². The molecule has 0 saturated carbocycles. The second-order valence-corrected chi connectivity index (χ2v) is 6.76. The molecule has 0 radical (unpaired) electrons. The van der Waals surface area contributed by atoms with Gasteiger partial charge in [0.25, 0.3) is 5.82 Å². The third-order valence-corrected chi connectivity index (χ3v) is 4.85. The van der Waals surface area contributed by atoms with Gasteiger partial charge in [0, 0.05) is 17.7 Å². The summed E-state index contributed by atoms with van der Waals surface area (Å²) in [6.45, 7) is 3.79. The minimum absolute atomic E-state index is 0.0247. The number of nitrogens with one attached hydrogen (secondary N) is 1. The predicted molar refractivity (Wildman–Crippen MR) is 88.6 cm³/mol. The molecule has 26 heavy (non-hydrogen) atoms. The zero-order chi connectivity index (χ0) is 18.6. The fraction of sp³-hybridized carbons (Fsp3) is 0.389. The number of fused-ring (bicyclic) bond motifs is 1. The maximum atomic E-state index is 13.1. The molecule has 1 aromatic heterocycles. The lowest BCUT2D eigenvalue weighted by molar-refractivity contribution is -0.145. The Labute approximate surface area is 147 Å². The molecule has 1 aliphatic heterocycles. The number of rotatable bonds is 1. The summed E-state index contributed by atoms with van der Waals surface area (Å²) in [5.74, 6) is -1.24. The van der Waals surface area contributed by atoms with Crippen molar-refractivity contribution in [2.45, 2.75) is 45.3 Å². The summed E-state index contributed by atoms with van der Waals surface area (Å²) in [5.41, 5.74) is 3.78. The van der Waals surface area contributed by atoms with Crippen molar-refractivity contribution in [1.29, 1.82) is 0 Å². The van der Waals surface area contributed by atoms with Gasteiger partial charge in [0.2, 0.25) is 5.95 Å². The molecule has 4 rings (SSSR count). The van der Waals surface area contributed by atoms with Gasteiger partial charge in [-0.05, 0) is 37.8 Å². The Morgan fingerprint density at radius 2 is 2.00 bits per heavy atom. The maximum absolute atomic E-state index is 13.1. The molecule has 0 amide bonds. The molecule has 2 heterocycles. The molecule has 2 aliphatic rings. The van der Waals surface area contributed by atoms with Crippen LogP contribution >= 0.6 is 0 Å². The number of hydrogen-bond acceptors (Lipinski definition) is 4. The van der Waals surface area contributed by atoms with Crippen molar-refractivity contribution >= 4 is 11.7 Å². The van der Waals surface area contributed by atoms with Crippen LogP contribution in [0.15, 0.2) is 29.5 Å². The molecule has 5 nitrogen and oxygen atoms in total. The molecule has 0 spiro atoms. The number of aromatic nitrogens is 3. The molecule has 1 atom stereocenters. The van der Waals surface area contributed by atoms with Crippen LogP contribution in [0, 0.1) is 13.8 Å². The van der Waals surface area contributed by atoms with Crippen LogP contribution in [0.2, 0.25) is 0 Å². The van der Waals surface area contributed by atoms with E-state index >= 15 is 0 Å². The van der Waals surface area contributed by atoms with Gasteiger partial charge in [-0.3, -0.25) is 4.79 Å². The van der Waals surface area contributed by atoms with Crippen LogP contribution in [0.3, 0.4) is 0 Å². The number of anilines is 1. The first-order chi connectivity index (χ1) is 12.3. The summed E-state index contributed by atoms with van der Waals surface area (Å²) < 4.78 is 40.6. The first kappa shape index (κ1) is 16.8. The third kappa shape index (κ3) is 2.60. The third-order valence-electron chi connectivity index (χ3n) is 4.85. The Bertz CT molecular complexity index is 942. The number of allylic oxidation sites excluding steroid dienone is 2. The summed E-state index contributed by atoms with van der Waals surface area (Å²) in [6, 6.07) is 5.04. The fourth-order valence-electron chi connectivity index (χ4n) is 3.62. The second kappa shape index (κ2) is 5.69. The van der Waals surface area contributed by atoms with Gasteiger partial charge in [0.05, 0.1) is 0 Å². The molecule has 0 unspecified atom stereocenters. The fourth-order valence-corrected chi connectivity index (χ4v) is 3.62. The number of carbonyl (C=O) groups excluding carboxylic acids is 1. The molecule has 8 heteroatoms. The Balaban J connectivity index is 1.96. The number of hydrogen-bond donors (Lipinski definition) is 1. The molecule has 136 valence electrons. The van der Waals surface area contributed by atoms with Crippen molar-refractivity contribution in [3.63, 3.8) is 0 Å². The van der Waals surface area contributed by atoms with Crippen molar-refractivity contribution in [3.8, 4) is 0 Å². The largest absolute Gasteiger partial charge is 0.453 e. The van der Waals surface area contributed by atoms with E-state index in [1.54, 1.807) is 0 Å². The van der Waals surface area contributed by atoms with Gasteiger partial charge in [-0.2, -0.15) is 18.2 Å². The zero-order valence-electron chi connectivity index (χ0n) is 14.3. The van der Waals surface area contributed by atoms with Crippen molar-refractivity contribution in [2.75, 3.05) is 5.32 Å². The van der Waals surface area contributed by atoms with Gasteiger partial charge in [0.1, 0.15) is 6.04 Å². The highest BCUT2D eigenvalue weighted by molar-refractivity contribution is 5.99. The highest BCUT2D eigenvalue weighted by Gasteiger charge is 2.42. The summed E-state index contributed by atoms with van der Waals surface area (Å²) in [7, 11) is 0. The molecule has 2 aromatic rings. The van der Waals surface area contributed by atoms with E-state index in [1.807, 2.05) is 32.0 Å². The minimum atomic E-state index is -4.65. The number of halogens is 3. The van der Waals surface area contributed by atoms with Gasteiger partial charge >= 0.3 is 6.18 Å². The second-order valence-electron chi connectivity index (χ2n) is 6.76. The lowest BCUT2D eigenvalue weighted by Gasteiger charge is -2.33. The first-order valence-corrected chi connectivity index (χ1v) is 8.40. The quantitative estimate of drug-likeness (QED) is 0.835. The molecular formula is C18H17F3N4O. The van der Waals surface area contributed by atoms with Crippen LogP contribution in [-0.4, -0.2) is 20.5 Å². The van der Waals surface area contributed by atoms with Gasteiger partial charge in [-0.15, -0.1) is 5.10 Å². The van der Waals surface area contributed by atoms with E-state index in [1.165, 1.54) is 4.68 Å². The maximum Gasteiger partial charge on any atom is 0.453 e. The van der Waals surface area contributed by atoms with Crippen molar-refractivity contribution in [3.05, 3.63) is 52.0 Å². The molecule has 0 bridgehead atoms. The highest BCUT2D eigenvalue weighted by atomic mass is 19.4. The average molecular weight is 362 g/mol. The van der Waals surface area contributed by atoms with E-state index in [2.05, 4.69) is 15.4 Å². The highest BCUT2D eigenvalue weighted by Crippen LogP contribution is 2.42. The molecule has 1 aromatic carbocycles. The van der Waals surface area contributed by atoms with E-state index in [0.29, 0.717) is 30.5 Å². The van der Waals surface area contributed by atoms with E-state index in [-0.39, 0.29) is 11.7 Å². The normalized spacial score (nSPS) is 19.9. The van der Waals surface area contributed by atoms with Crippen LogP contribution < -0.4 is 5.32 Å². The summed E-state index contributed by atoms with van der Waals surface area (Å²) >= 11 is 0. The van der Waals surface area contributed by atoms with Crippen LogP contribution in [-0.2, 0) is 11.0 Å². The SMILES string of the molecule is Cc1ccc(C)c([C@@H]2C3=C(CCCC3=O)Nc3nc(C(F)(F)F)nn32)c1. The number of benzene rings is 1. The van der Waals surface area contributed by atoms with Crippen LogP contribution in [0.1, 0.15) is 47.8 Å². The summed E-state index contributed by atoms with van der Waals surface area (Å²) in [4.78, 5) is 16.3. The van der Waals surface area contributed by atoms with Gasteiger partial charge in [-0.25, -0.2) is 4.68 Å². The van der Waals surface area contributed by atoms with E-state index < -0.39 is 18.0 Å². The summed E-state index contributed by atoms with van der Waals surface area (Å²) in [6.07, 6.45) is -2.98. The van der Waals surface area contributed by atoms with Crippen molar-refractivity contribution < 1.29 is 18.0 Å². The van der Waals surface area contributed by atoms with Gasteiger partial charge < -0.3 is 5.32 Å². The molecular weight excluding hydrogens is 345 g/mol. The lowest BCUT2D eigenvalue weighted by atomic mass is 9.84. The molecule has 0 saturated heterocycles. The van der Waals surface area contributed by atoms with Gasteiger partial charge in [-0.1, -0.05) is 23.8 Å². The lowest BCUT2D eigenvalue weighted by Crippen LogP contribution is -2.32. The Kier molecular flexibility index (Phi) is 3.68. The van der Waals surface area contributed by atoms with E-state index in [0.717, 1.165) is 16.7 Å². The standard InChI is InChI=1S/C18H17F3N4O/c1-9-6-7-10(2)11(8-9)15-14-12(4-3-5-13(14)26)22-17-23-16(18(19,20)21)24-25(15)17/h6-8,15H,3-5H2,1-2H3,(H,22,23,24)/t15-/m1/s1. The number of nitrogens with zero attached hydrogens (tertiary/aromatic N) is 3. The monoisotopic (exact) mass is 362 g/mol. The zero-order valence-corrected chi connectivity index (χ0v) is 14.3. The number of Topliss-reactive ketones (excluding diaryl/α,β-unsaturated/α-hetero) is 1. The molecule has 1 aliphatic carbocycles. The molecule has 1 N–H and O–H groups in total. The number of carbonyl (C=O) groups is 1. The van der Waals surface area contributed by atoms with Crippen molar-refractivity contribution in [2.24, 2.45) is 0 Å². The topological polar surface area (TPSA) is 59.8 Å². The number of alkyl halides is 3. The number of aryl methyl sites for hydroxylation is 2.